The summed E-state index contributed by atoms with van der Waals surface area (Å²) in [6.07, 6.45) is -1.33. The van der Waals surface area contributed by atoms with Crippen LogP contribution in [0, 0.1) is 13.8 Å². The molecule has 32 heavy (non-hydrogen) atoms. The third-order valence-electron chi connectivity index (χ3n) is 4.98. The molecule has 0 radical (unpaired) electrons. The lowest BCUT2D eigenvalue weighted by atomic mass is 10.1. The molecule has 164 valence electrons. The predicted molar refractivity (Wildman–Crippen MR) is 117 cm³/mol. The topological polar surface area (TPSA) is 112 Å². The molecule has 2 aromatic carbocycles. The van der Waals surface area contributed by atoms with Crippen LogP contribution in [-0.4, -0.2) is 40.3 Å². The fraction of sp³-hybridized carbons (Fsp3) is 0.217. The molecule has 2 N–H and O–H groups in total. The van der Waals surface area contributed by atoms with Crippen molar-refractivity contribution in [1.29, 1.82) is 0 Å². The number of para-hydroxylation sites is 3. The van der Waals surface area contributed by atoms with Crippen molar-refractivity contribution in [2.24, 2.45) is 0 Å². The molecule has 2 amide bonds. The Hall–Kier alpha value is -4.14. The van der Waals surface area contributed by atoms with Gasteiger partial charge in [-0.25, -0.2) is 4.68 Å². The van der Waals surface area contributed by atoms with E-state index in [2.05, 4.69) is 15.7 Å². The van der Waals surface area contributed by atoms with Crippen molar-refractivity contribution in [3.63, 3.8) is 0 Å². The molecule has 0 bridgehead atoms. The van der Waals surface area contributed by atoms with Gasteiger partial charge in [-0.2, -0.15) is 5.10 Å². The van der Waals surface area contributed by atoms with E-state index in [0.717, 1.165) is 11.4 Å². The molecule has 0 unspecified atom stereocenters. The number of aromatic nitrogens is 2. The number of nitrogens with zero attached hydrogens (tertiary/aromatic N) is 2. The molecule has 9 nitrogen and oxygen atoms in total. The van der Waals surface area contributed by atoms with Crippen molar-refractivity contribution >= 4 is 29.2 Å². The molecule has 2 heterocycles. The van der Waals surface area contributed by atoms with Crippen LogP contribution < -0.4 is 15.4 Å². The highest BCUT2D eigenvalue weighted by Crippen LogP contribution is 2.29. The van der Waals surface area contributed by atoms with E-state index in [1.54, 1.807) is 35.9 Å². The highest BCUT2D eigenvalue weighted by Gasteiger charge is 2.30. The second-order valence-corrected chi connectivity index (χ2v) is 7.30. The number of hydrogen-bond acceptors (Lipinski definition) is 6. The quantitative estimate of drug-likeness (QED) is 0.577. The van der Waals surface area contributed by atoms with E-state index >= 15 is 0 Å². The molecule has 0 aliphatic carbocycles. The van der Waals surface area contributed by atoms with Gasteiger partial charge in [0.15, 0.2) is 12.7 Å². The van der Waals surface area contributed by atoms with Crippen molar-refractivity contribution in [2.75, 3.05) is 17.2 Å². The maximum atomic E-state index is 12.4. The standard InChI is InChI=1S/C23H22N4O5/c1-14-22(15(2)27(26-14)16-8-4-3-5-9-16)25-20(28)13-31-21(29)12-19-23(30)24-17-10-6-7-11-18(17)32-19/h3-11,19H,12-13H2,1-2H3,(H,24,30)(H,25,28)/t19-/m1/s1. The van der Waals surface area contributed by atoms with Gasteiger partial charge >= 0.3 is 5.97 Å². The molecule has 3 aromatic rings. The summed E-state index contributed by atoms with van der Waals surface area (Å²) in [6.45, 7) is 3.13. The monoisotopic (exact) mass is 434 g/mol. The number of ether oxygens (including phenoxy) is 2. The summed E-state index contributed by atoms with van der Waals surface area (Å²) in [7, 11) is 0. The summed E-state index contributed by atoms with van der Waals surface area (Å²) in [4.78, 5) is 36.7. The number of esters is 1. The fourth-order valence-corrected chi connectivity index (χ4v) is 3.40. The molecule has 9 heteroatoms. The Morgan fingerprint density at radius 1 is 1.12 bits per heavy atom. The number of fused-ring (bicyclic) bond motifs is 1. The Labute approximate surface area is 184 Å². The second kappa shape index (κ2) is 8.93. The van der Waals surface area contributed by atoms with Crippen LogP contribution in [0.15, 0.2) is 54.6 Å². The number of nitrogens with one attached hydrogen (secondary N) is 2. The first-order valence-corrected chi connectivity index (χ1v) is 10.1. The van der Waals surface area contributed by atoms with Gasteiger partial charge in [-0.05, 0) is 38.1 Å². The molecule has 0 saturated heterocycles. The smallest absolute Gasteiger partial charge is 0.310 e. The number of hydrogen-bond donors (Lipinski definition) is 2. The minimum Gasteiger partial charge on any atom is -0.478 e. The van der Waals surface area contributed by atoms with Crippen molar-refractivity contribution in [3.8, 4) is 11.4 Å². The number of rotatable bonds is 6. The minimum atomic E-state index is -1.02. The number of carbonyl (C=O) groups excluding carboxylic acids is 3. The van der Waals surface area contributed by atoms with Gasteiger partial charge in [-0.1, -0.05) is 30.3 Å². The zero-order valence-corrected chi connectivity index (χ0v) is 17.6. The fourth-order valence-electron chi connectivity index (χ4n) is 3.40. The van der Waals surface area contributed by atoms with Gasteiger partial charge in [-0.3, -0.25) is 14.4 Å². The maximum Gasteiger partial charge on any atom is 0.310 e. The van der Waals surface area contributed by atoms with Gasteiger partial charge in [0, 0.05) is 0 Å². The first-order valence-electron chi connectivity index (χ1n) is 10.1. The SMILES string of the molecule is Cc1nn(-c2ccccc2)c(C)c1NC(=O)COC(=O)C[C@H]1Oc2ccccc2NC1=O. The van der Waals surface area contributed by atoms with Crippen LogP contribution in [0.25, 0.3) is 5.69 Å². The Morgan fingerprint density at radius 2 is 1.84 bits per heavy atom. The van der Waals surface area contributed by atoms with Crippen molar-refractivity contribution in [2.45, 2.75) is 26.4 Å². The Kier molecular flexibility index (Phi) is 5.89. The van der Waals surface area contributed by atoms with E-state index in [4.69, 9.17) is 9.47 Å². The molecular formula is C23H22N4O5. The maximum absolute atomic E-state index is 12.4. The largest absolute Gasteiger partial charge is 0.478 e. The molecule has 4 rings (SSSR count). The summed E-state index contributed by atoms with van der Waals surface area (Å²) < 4.78 is 12.3. The zero-order valence-electron chi connectivity index (χ0n) is 17.6. The van der Waals surface area contributed by atoms with Gasteiger partial charge in [0.2, 0.25) is 0 Å². The summed E-state index contributed by atoms with van der Waals surface area (Å²) in [5.41, 5.74) is 3.36. The first kappa shape index (κ1) is 21.1. The second-order valence-electron chi connectivity index (χ2n) is 7.30. The number of anilines is 2. The van der Waals surface area contributed by atoms with Crippen LogP contribution in [0.5, 0.6) is 5.75 Å². The van der Waals surface area contributed by atoms with Crippen molar-refractivity contribution < 1.29 is 23.9 Å². The van der Waals surface area contributed by atoms with Gasteiger partial charge in [0.25, 0.3) is 11.8 Å². The highest BCUT2D eigenvalue weighted by atomic mass is 16.5. The van der Waals surface area contributed by atoms with Crippen LogP contribution in [-0.2, 0) is 19.1 Å². The molecule has 1 aliphatic heterocycles. The Morgan fingerprint density at radius 3 is 2.62 bits per heavy atom. The van der Waals surface area contributed by atoms with Gasteiger partial charge in [0.1, 0.15) is 5.75 Å². The van der Waals surface area contributed by atoms with E-state index in [1.165, 1.54) is 0 Å². The first-order chi connectivity index (χ1) is 15.4. The molecule has 0 fully saturated rings. The average molecular weight is 434 g/mol. The van der Waals surface area contributed by atoms with Crippen LogP contribution in [0.1, 0.15) is 17.8 Å². The third kappa shape index (κ3) is 4.46. The zero-order chi connectivity index (χ0) is 22.7. The molecule has 1 aliphatic rings. The highest BCUT2D eigenvalue weighted by molar-refractivity contribution is 6.00. The van der Waals surface area contributed by atoms with Crippen LogP contribution in [0.3, 0.4) is 0 Å². The molecule has 0 spiro atoms. The summed E-state index contributed by atoms with van der Waals surface area (Å²) in [5, 5.41) is 9.89. The van der Waals surface area contributed by atoms with E-state index < -0.39 is 30.5 Å². The molecule has 1 aromatic heterocycles. The summed E-state index contributed by atoms with van der Waals surface area (Å²) >= 11 is 0. The average Bonchev–Trinajstić information content (AvgIpc) is 3.07. The third-order valence-corrected chi connectivity index (χ3v) is 4.98. The van der Waals surface area contributed by atoms with E-state index in [0.29, 0.717) is 22.8 Å². The van der Waals surface area contributed by atoms with Crippen LogP contribution in [0.2, 0.25) is 0 Å². The van der Waals surface area contributed by atoms with E-state index in [9.17, 15) is 14.4 Å². The number of amides is 2. The normalized spacial score (nSPS) is 14.7. The summed E-state index contributed by atoms with van der Waals surface area (Å²) in [6, 6.07) is 16.5. The van der Waals surface area contributed by atoms with Gasteiger partial charge in [0.05, 0.1) is 34.9 Å². The lowest BCUT2D eigenvalue weighted by Crippen LogP contribution is -2.39. The lowest BCUT2D eigenvalue weighted by Gasteiger charge is -2.25. The minimum absolute atomic E-state index is 0.308. The number of aryl methyl sites for hydroxylation is 1. The summed E-state index contributed by atoms with van der Waals surface area (Å²) in [5.74, 6) is -1.18. The Balaban J connectivity index is 1.32. The van der Waals surface area contributed by atoms with Crippen LogP contribution >= 0.6 is 0 Å². The van der Waals surface area contributed by atoms with Crippen molar-refractivity contribution in [1.82, 2.24) is 9.78 Å². The predicted octanol–water partition coefficient (Wildman–Crippen LogP) is 2.76. The number of carbonyl (C=O) groups is 3. The van der Waals surface area contributed by atoms with Crippen LogP contribution in [0.4, 0.5) is 11.4 Å². The Bertz CT molecular complexity index is 1170. The molecule has 0 saturated carbocycles. The van der Waals surface area contributed by atoms with Crippen molar-refractivity contribution in [3.05, 3.63) is 66.0 Å². The molecular weight excluding hydrogens is 412 g/mol. The lowest BCUT2D eigenvalue weighted by molar-refractivity contribution is -0.150. The molecule has 1 atom stereocenters. The van der Waals surface area contributed by atoms with Gasteiger partial charge < -0.3 is 20.1 Å². The number of benzene rings is 2. The van der Waals surface area contributed by atoms with Gasteiger partial charge in [-0.15, -0.1) is 0 Å². The van der Waals surface area contributed by atoms with E-state index in [1.807, 2.05) is 37.3 Å². The van der Waals surface area contributed by atoms with E-state index in [-0.39, 0.29) is 6.42 Å².